The van der Waals surface area contributed by atoms with Gasteiger partial charge in [0.15, 0.2) is 0 Å². The van der Waals surface area contributed by atoms with Gasteiger partial charge in [0, 0.05) is 31.7 Å². The molecule has 2 rings (SSSR count). The lowest BCUT2D eigenvalue weighted by molar-refractivity contribution is 0.518. The molecule has 1 heterocycles. The molecular weight excluding hydrogens is 248 g/mol. The highest BCUT2D eigenvalue weighted by Gasteiger charge is 2.28. The van der Waals surface area contributed by atoms with E-state index >= 15 is 0 Å². The number of anilines is 1. The second-order valence-electron chi connectivity index (χ2n) is 6.53. The molecule has 1 aromatic heterocycles. The molecule has 4 heteroatoms. The number of nitrogens with zero attached hydrogens (tertiary/aromatic N) is 3. The minimum Gasteiger partial charge on any atom is -0.353 e. The molecule has 0 atom stereocenters. The van der Waals surface area contributed by atoms with Gasteiger partial charge in [0.1, 0.15) is 5.82 Å². The monoisotopic (exact) mass is 278 g/mol. The minimum absolute atomic E-state index is 0.674. The third kappa shape index (κ3) is 3.17. The summed E-state index contributed by atoms with van der Waals surface area (Å²) in [5.74, 6) is 2.01. The molecule has 4 nitrogen and oxygen atoms in total. The van der Waals surface area contributed by atoms with Crippen LogP contribution in [0.5, 0.6) is 0 Å². The molecular formula is C16H30N4. The Kier molecular flexibility index (Phi) is 5.08. The summed E-state index contributed by atoms with van der Waals surface area (Å²) < 4.78 is 2.09. The predicted molar refractivity (Wildman–Crippen MR) is 85.1 cm³/mol. The quantitative estimate of drug-likeness (QED) is 0.868. The zero-order chi connectivity index (χ0) is 14.7. The van der Waals surface area contributed by atoms with Crippen LogP contribution >= 0.6 is 0 Å². The second-order valence-corrected chi connectivity index (χ2v) is 6.53. The highest BCUT2D eigenvalue weighted by atomic mass is 15.4. The van der Waals surface area contributed by atoms with E-state index in [4.69, 9.17) is 0 Å². The minimum atomic E-state index is 0.674. The average molecular weight is 278 g/mol. The number of nitrogens with one attached hydrogen (secondary N) is 1. The van der Waals surface area contributed by atoms with E-state index in [2.05, 4.69) is 47.8 Å². The van der Waals surface area contributed by atoms with E-state index in [1.807, 2.05) is 7.05 Å². The molecule has 0 bridgehead atoms. The van der Waals surface area contributed by atoms with Crippen LogP contribution in [0.1, 0.15) is 50.8 Å². The number of hydrogen-bond donors (Lipinski definition) is 1. The first-order valence-corrected chi connectivity index (χ1v) is 7.98. The standard InChI is InChI=1S/C16H30N4/c1-12(2)11-20(14-8-6-7-9-14)16-15(10-17-4)13(3)18-19(16)5/h12,14,17H,6-11H2,1-5H3. The molecule has 0 saturated heterocycles. The summed E-state index contributed by atoms with van der Waals surface area (Å²) in [6.45, 7) is 8.76. The fraction of sp³-hybridized carbons (Fsp3) is 0.812. The highest BCUT2D eigenvalue weighted by molar-refractivity contribution is 5.51. The van der Waals surface area contributed by atoms with Crippen LogP contribution in [0.3, 0.4) is 0 Å². The summed E-state index contributed by atoms with van der Waals surface area (Å²) in [4.78, 5) is 2.63. The van der Waals surface area contributed by atoms with Crippen molar-refractivity contribution >= 4 is 5.82 Å². The molecule has 20 heavy (non-hydrogen) atoms. The van der Waals surface area contributed by atoms with E-state index in [-0.39, 0.29) is 0 Å². The van der Waals surface area contributed by atoms with E-state index in [9.17, 15) is 0 Å². The van der Waals surface area contributed by atoms with Crippen molar-refractivity contribution < 1.29 is 0 Å². The van der Waals surface area contributed by atoms with Gasteiger partial charge in [-0.2, -0.15) is 5.10 Å². The summed E-state index contributed by atoms with van der Waals surface area (Å²) in [5, 5.41) is 7.96. The normalized spacial score (nSPS) is 16.3. The number of aromatic nitrogens is 2. The summed E-state index contributed by atoms with van der Waals surface area (Å²) in [7, 11) is 4.10. The fourth-order valence-corrected chi connectivity index (χ4v) is 3.45. The lowest BCUT2D eigenvalue weighted by atomic mass is 10.1. The van der Waals surface area contributed by atoms with E-state index in [0.29, 0.717) is 12.0 Å². The van der Waals surface area contributed by atoms with Crippen molar-refractivity contribution in [1.82, 2.24) is 15.1 Å². The maximum absolute atomic E-state index is 4.66. The SMILES string of the molecule is CNCc1c(C)nn(C)c1N(CC(C)C)C1CCCC1. The van der Waals surface area contributed by atoms with E-state index in [1.165, 1.54) is 37.1 Å². The topological polar surface area (TPSA) is 33.1 Å². The molecule has 0 radical (unpaired) electrons. The van der Waals surface area contributed by atoms with Gasteiger partial charge in [-0.15, -0.1) is 0 Å². The lowest BCUT2D eigenvalue weighted by Gasteiger charge is -2.33. The van der Waals surface area contributed by atoms with Crippen LogP contribution in [-0.2, 0) is 13.6 Å². The highest BCUT2D eigenvalue weighted by Crippen LogP contribution is 2.32. The molecule has 1 aliphatic carbocycles. The molecule has 0 amide bonds. The first-order valence-electron chi connectivity index (χ1n) is 7.98. The largest absolute Gasteiger partial charge is 0.353 e. The van der Waals surface area contributed by atoms with Gasteiger partial charge in [-0.25, -0.2) is 0 Å². The van der Waals surface area contributed by atoms with Crippen molar-refractivity contribution in [2.24, 2.45) is 13.0 Å². The summed E-state index contributed by atoms with van der Waals surface area (Å²) in [5.41, 5.74) is 2.52. The van der Waals surface area contributed by atoms with E-state index in [0.717, 1.165) is 18.8 Å². The van der Waals surface area contributed by atoms with Gasteiger partial charge in [0.25, 0.3) is 0 Å². The lowest BCUT2D eigenvalue weighted by Crippen LogP contribution is -2.38. The first-order chi connectivity index (χ1) is 9.54. The average Bonchev–Trinajstić information content (AvgIpc) is 2.97. The van der Waals surface area contributed by atoms with Gasteiger partial charge in [-0.1, -0.05) is 26.7 Å². The molecule has 0 spiro atoms. The Hall–Kier alpha value is -1.03. The molecule has 1 N–H and O–H groups in total. The van der Waals surface area contributed by atoms with Gasteiger partial charge in [0.2, 0.25) is 0 Å². The molecule has 0 unspecified atom stereocenters. The van der Waals surface area contributed by atoms with Gasteiger partial charge >= 0.3 is 0 Å². The zero-order valence-corrected chi connectivity index (χ0v) is 13.7. The van der Waals surface area contributed by atoms with Crippen LogP contribution in [-0.4, -0.2) is 29.4 Å². The van der Waals surface area contributed by atoms with Gasteiger partial charge in [-0.05, 0) is 32.7 Å². The Balaban J connectivity index is 2.36. The number of aryl methyl sites for hydroxylation is 2. The summed E-state index contributed by atoms with van der Waals surface area (Å²) in [6, 6.07) is 0.697. The summed E-state index contributed by atoms with van der Waals surface area (Å²) in [6.07, 6.45) is 5.40. The van der Waals surface area contributed by atoms with Gasteiger partial charge in [0.05, 0.1) is 5.69 Å². The van der Waals surface area contributed by atoms with Crippen LogP contribution < -0.4 is 10.2 Å². The first kappa shape index (κ1) is 15.4. The van der Waals surface area contributed by atoms with Gasteiger partial charge in [-0.3, -0.25) is 4.68 Å². The van der Waals surface area contributed by atoms with Crippen molar-refractivity contribution in [3.8, 4) is 0 Å². The summed E-state index contributed by atoms with van der Waals surface area (Å²) >= 11 is 0. The maximum atomic E-state index is 4.66. The molecule has 114 valence electrons. The van der Waals surface area contributed by atoms with E-state index in [1.54, 1.807) is 0 Å². The zero-order valence-electron chi connectivity index (χ0n) is 13.7. The molecule has 1 saturated carbocycles. The Bertz CT molecular complexity index is 430. The Morgan fingerprint density at radius 3 is 2.55 bits per heavy atom. The van der Waals surface area contributed by atoms with Crippen molar-refractivity contribution in [1.29, 1.82) is 0 Å². The molecule has 1 aliphatic rings. The number of hydrogen-bond acceptors (Lipinski definition) is 3. The van der Waals surface area contributed by atoms with Crippen molar-refractivity contribution in [2.75, 3.05) is 18.5 Å². The second kappa shape index (κ2) is 6.61. The third-order valence-corrected chi connectivity index (χ3v) is 4.27. The Labute approximate surface area is 123 Å². The van der Waals surface area contributed by atoms with Gasteiger partial charge < -0.3 is 10.2 Å². The van der Waals surface area contributed by atoms with Crippen molar-refractivity contribution in [3.63, 3.8) is 0 Å². The van der Waals surface area contributed by atoms with Crippen LogP contribution in [0, 0.1) is 12.8 Å². The third-order valence-electron chi connectivity index (χ3n) is 4.27. The van der Waals surface area contributed by atoms with Crippen molar-refractivity contribution in [2.45, 2.75) is 59.0 Å². The molecule has 0 aliphatic heterocycles. The number of rotatable bonds is 6. The maximum Gasteiger partial charge on any atom is 0.131 e. The molecule has 0 aromatic carbocycles. The molecule has 1 aromatic rings. The fourth-order valence-electron chi connectivity index (χ4n) is 3.45. The molecule has 1 fully saturated rings. The Morgan fingerprint density at radius 2 is 2.00 bits per heavy atom. The van der Waals surface area contributed by atoms with E-state index < -0.39 is 0 Å². The van der Waals surface area contributed by atoms with Crippen molar-refractivity contribution in [3.05, 3.63) is 11.3 Å². The Morgan fingerprint density at radius 1 is 1.35 bits per heavy atom. The van der Waals surface area contributed by atoms with Crippen LogP contribution in [0.15, 0.2) is 0 Å². The smallest absolute Gasteiger partial charge is 0.131 e. The van der Waals surface area contributed by atoms with Crippen LogP contribution in [0.2, 0.25) is 0 Å². The van der Waals surface area contributed by atoms with Crippen LogP contribution in [0.4, 0.5) is 5.82 Å². The predicted octanol–water partition coefficient (Wildman–Crippen LogP) is 2.85. The van der Waals surface area contributed by atoms with Crippen LogP contribution in [0.25, 0.3) is 0 Å².